The molecule has 0 saturated carbocycles. The van der Waals surface area contributed by atoms with Gasteiger partial charge in [-0.3, -0.25) is 4.79 Å². The molecule has 1 aromatic carbocycles. The van der Waals surface area contributed by atoms with Crippen molar-refractivity contribution in [2.75, 3.05) is 13.1 Å². The Morgan fingerprint density at radius 2 is 1.90 bits per heavy atom. The van der Waals surface area contributed by atoms with Crippen LogP contribution in [0.2, 0.25) is 0 Å². The van der Waals surface area contributed by atoms with Crippen LogP contribution >= 0.6 is 0 Å². The fraction of sp³-hybridized carbons (Fsp3) is 0.462. The molecular formula is C13H17FN2O3S. The summed E-state index contributed by atoms with van der Waals surface area (Å²) in [4.78, 5) is 11.1. The average Bonchev–Trinajstić information content (AvgIpc) is 2.41. The fourth-order valence-corrected chi connectivity index (χ4v) is 3.90. The number of piperidine rings is 1. The Balaban J connectivity index is 2.05. The molecule has 2 rings (SSSR count). The quantitative estimate of drug-likeness (QED) is 0.895. The molecule has 0 radical (unpaired) electrons. The van der Waals surface area contributed by atoms with Gasteiger partial charge >= 0.3 is 0 Å². The summed E-state index contributed by atoms with van der Waals surface area (Å²) in [6.07, 6.45) is 0.845. The van der Waals surface area contributed by atoms with E-state index in [1.165, 1.54) is 22.5 Å². The van der Waals surface area contributed by atoms with Crippen molar-refractivity contribution in [3.05, 3.63) is 35.6 Å². The lowest BCUT2D eigenvalue weighted by Gasteiger charge is -2.29. The zero-order chi connectivity index (χ0) is 14.8. The second-order valence-corrected chi connectivity index (χ2v) is 6.89. The predicted octanol–water partition coefficient (Wildman–Crippen LogP) is 0.853. The molecule has 0 spiro atoms. The molecule has 0 atom stereocenters. The summed E-state index contributed by atoms with van der Waals surface area (Å²) in [6, 6.07) is 5.82. The number of rotatable bonds is 4. The van der Waals surface area contributed by atoms with Crippen molar-refractivity contribution in [2.45, 2.75) is 18.6 Å². The van der Waals surface area contributed by atoms with Crippen molar-refractivity contribution < 1.29 is 17.6 Å². The Bertz CT molecular complexity index is 595. The summed E-state index contributed by atoms with van der Waals surface area (Å²) < 4.78 is 39.3. The number of benzene rings is 1. The second-order valence-electron chi connectivity index (χ2n) is 4.92. The molecule has 20 heavy (non-hydrogen) atoms. The largest absolute Gasteiger partial charge is 0.369 e. The maximum absolute atomic E-state index is 13.5. The van der Waals surface area contributed by atoms with Gasteiger partial charge in [-0.05, 0) is 18.9 Å². The van der Waals surface area contributed by atoms with Crippen LogP contribution in [0.15, 0.2) is 24.3 Å². The monoisotopic (exact) mass is 300 g/mol. The minimum absolute atomic E-state index is 0.157. The molecular weight excluding hydrogens is 283 g/mol. The van der Waals surface area contributed by atoms with Gasteiger partial charge in [0.1, 0.15) is 5.82 Å². The highest BCUT2D eigenvalue weighted by molar-refractivity contribution is 7.88. The molecule has 0 aliphatic carbocycles. The molecule has 5 nitrogen and oxygen atoms in total. The topological polar surface area (TPSA) is 80.5 Å². The van der Waals surface area contributed by atoms with E-state index < -0.39 is 21.7 Å². The van der Waals surface area contributed by atoms with Crippen LogP contribution in [0.5, 0.6) is 0 Å². The van der Waals surface area contributed by atoms with Gasteiger partial charge in [0.2, 0.25) is 15.9 Å². The van der Waals surface area contributed by atoms with Crippen LogP contribution in [0.1, 0.15) is 18.4 Å². The molecule has 1 aliphatic heterocycles. The number of halogens is 1. The van der Waals surface area contributed by atoms with E-state index in [2.05, 4.69) is 0 Å². The summed E-state index contributed by atoms with van der Waals surface area (Å²) in [5.41, 5.74) is 5.37. The third-order valence-electron chi connectivity index (χ3n) is 3.55. The predicted molar refractivity (Wildman–Crippen MR) is 72.5 cm³/mol. The molecule has 2 N–H and O–H groups in total. The van der Waals surface area contributed by atoms with Gasteiger partial charge in [0, 0.05) is 24.6 Å². The van der Waals surface area contributed by atoms with E-state index >= 15 is 0 Å². The number of primary amides is 1. The van der Waals surface area contributed by atoms with E-state index in [9.17, 15) is 17.6 Å². The molecule has 1 aliphatic rings. The minimum Gasteiger partial charge on any atom is -0.369 e. The van der Waals surface area contributed by atoms with Crippen LogP contribution in [-0.4, -0.2) is 31.7 Å². The Morgan fingerprint density at radius 1 is 1.30 bits per heavy atom. The van der Waals surface area contributed by atoms with Crippen molar-refractivity contribution in [3.8, 4) is 0 Å². The third-order valence-corrected chi connectivity index (χ3v) is 5.37. The number of sulfonamides is 1. The summed E-state index contributed by atoms with van der Waals surface area (Å²) in [5.74, 6) is -1.55. The van der Waals surface area contributed by atoms with E-state index in [0.717, 1.165) is 0 Å². The van der Waals surface area contributed by atoms with Gasteiger partial charge in [0.25, 0.3) is 0 Å². The molecule has 0 bridgehead atoms. The molecule has 1 saturated heterocycles. The first-order chi connectivity index (χ1) is 9.40. The summed E-state index contributed by atoms with van der Waals surface area (Å²) >= 11 is 0. The first-order valence-electron chi connectivity index (χ1n) is 6.40. The van der Waals surface area contributed by atoms with Crippen LogP contribution in [0, 0.1) is 11.7 Å². The van der Waals surface area contributed by atoms with Gasteiger partial charge in [-0.25, -0.2) is 17.1 Å². The van der Waals surface area contributed by atoms with Gasteiger partial charge in [-0.15, -0.1) is 0 Å². The smallest absolute Gasteiger partial charge is 0.220 e. The third kappa shape index (κ3) is 3.34. The Kier molecular flexibility index (Phi) is 4.39. The molecule has 0 aromatic heterocycles. The van der Waals surface area contributed by atoms with E-state index in [1.807, 2.05) is 0 Å². The second kappa shape index (κ2) is 5.88. The van der Waals surface area contributed by atoms with Gasteiger partial charge in [0.15, 0.2) is 0 Å². The van der Waals surface area contributed by atoms with Crippen LogP contribution < -0.4 is 5.73 Å². The number of carbonyl (C=O) groups excluding carboxylic acids is 1. The average molecular weight is 300 g/mol. The van der Waals surface area contributed by atoms with Crippen molar-refractivity contribution in [2.24, 2.45) is 11.7 Å². The van der Waals surface area contributed by atoms with E-state index in [0.29, 0.717) is 12.8 Å². The van der Waals surface area contributed by atoms with Gasteiger partial charge in [-0.1, -0.05) is 18.2 Å². The highest BCUT2D eigenvalue weighted by Gasteiger charge is 2.30. The molecule has 1 fully saturated rings. The van der Waals surface area contributed by atoms with Crippen LogP contribution in [0.4, 0.5) is 4.39 Å². The maximum Gasteiger partial charge on any atom is 0.220 e. The van der Waals surface area contributed by atoms with Crippen molar-refractivity contribution in [3.63, 3.8) is 0 Å². The fourth-order valence-electron chi connectivity index (χ4n) is 2.32. The van der Waals surface area contributed by atoms with Gasteiger partial charge in [-0.2, -0.15) is 0 Å². The standard InChI is InChI=1S/C13H17FN2O3S/c14-12-4-2-1-3-11(12)9-20(18,19)16-7-5-10(6-8-16)13(15)17/h1-4,10H,5-9H2,(H2,15,17). The van der Waals surface area contributed by atoms with Crippen molar-refractivity contribution >= 4 is 15.9 Å². The molecule has 1 aromatic rings. The summed E-state index contributed by atoms with van der Waals surface area (Å²) in [6.45, 7) is 0.509. The number of amides is 1. The van der Waals surface area contributed by atoms with Gasteiger partial charge < -0.3 is 5.73 Å². The highest BCUT2D eigenvalue weighted by atomic mass is 32.2. The zero-order valence-electron chi connectivity index (χ0n) is 11.0. The van der Waals surface area contributed by atoms with E-state index in [-0.39, 0.29) is 30.3 Å². The number of carbonyl (C=O) groups is 1. The molecule has 110 valence electrons. The highest BCUT2D eigenvalue weighted by Crippen LogP contribution is 2.22. The van der Waals surface area contributed by atoms with Crippen LogP contribution in [0.25, 0.3) is 0 Å². The Labute approximate surface area is 117 Å². The number of hydrogen-bond acceptors (Lipinski definition) is 3. The van der Waals surface area contributed by atoms with E-state index in [4.69, 9.17) is 5.73 Å². The first-order valence-corrected chi connectivity index (χ1v) is 8.01. The lowest BCUT2D eigenvalue weighted by atomic mass is 9.98. The molecule has 7 heteroatoms. The minimum atomic E-state index is -3.57. The Morgan fingerprint density at radius 3 is 2.45 bits per heavy atom. The van der Waals surface area contributed by atoms with Crippen molar-refractivity contribution in [1.82, 2.24) is 4.31 Å². The van der Waals surface area contributed by atoms with Crippen LogP contribution in [-0.2, 0) is 20.6 Å². The lowest BCUT2D eigenvalue weighted by molar-refractivity contribution is -0.122. The summed E-state index contributed by atoms with van der Waals surface area (Å²) in [5, 5.41) is 0. The molecule has 1 heterocycles. The molecule has 0 unspecified atom stereocenters. The van der Waals surface area contributed by atoms with Crippen LogP contribution in [0.3, 0.4) is 0 Å². The first kappa shape index (κ1) is 14.9. The number of nitrogens with zero attached hydrogens (tertiary/aromatic N) is 1. The normalized spacial score (nSPS) is 18.1. The molecule has 1 amide bonds. The Hall–Kier alpha value is -1.47. The zero-order valence-corrected chi connectivity index (χ0v) is 11.8. The lowest BCUT2D eigenvalue weighted by Crippen LogP contribution is -2.42. The van der Waals surface area contributed by atoms with Gasteiger partial charge in [0.05, 0.1) is 5.75 Å². The SMILES string of the molecule is NC(=O)C1CCN(S(=O)(=O)Cc2ccccc2F)CC1. The summed E-state index contributed by atoms with van der Waals surface area (Å²) in [7, 11) is -3.57. The maximum atomic E-state index is 13.5. The number of nitrogens with two attached hydrogens (primary N) is 1. The van der Waals surface area contributed by atoms with E-state index in [1.54, 1.807) is 6.07 Å². The van der Waals surface area contributed by atoms with Crippen molar-refractivity contribution in [1.29, 1.82) is 0 Å². The number of hydrogen-bond donors (Lipinski definition) is 1.